The van der Waals surface area contributed by atoms with Gasteiger partial charge in [0.15, 0.2) is 0 Å². The molecule has 1 N–H and O–H groups in total. The van der Waals surface area contributed by atoms with Crippen molar-refractivity contribution in [2.75, 3.05) is 13.7 Å². The average molecular weight is 788 g/mol. The molecule has 1 fully saturated rings. The van der Waals surface area contributed by atoms with Crippen molar-refractivity contribution in [2.24, 2.45) is 0 Å². The zero-order chi connectivity index (χ0) is 40.2. The summed E-state index contributed by atoms with van der Waals surface area (Å²) < 4.78 is 44.3. The van der Waals surface area contributed by atoms with Crippen molar-refractivity contribution < 1.29 is 42.7 Å². The van der Waals surface area contributed by atoms with Gasteiger partial charge < -0.3 is 38.5 Å². The van der Waals surface area contributed by atoms with Gasteiger partial charge in [0.2, 0.25) is 0 Å². The van der Waals surface area contributed by atoms with Crippen molar-refractivity contribution in [1.29, 1.82) is 0 Å². The van der Waals surface area contributed by atoms with Crippen LogP contribution in [0.1, 0.15) is 47.1 Å². The van der Waals surface area contributed by atoms with Crippen LogP contribution >= 0.6 is 0 Å². The second-order valence-corrected chi connectivity index (χ2v) is 14.3. The highest BCUT2D eigenvalue weighted by molar-refractivity contribution is 5.72. The Kier molecular flexibility index (Phi) is 16.9. The summed E-state index contributed by atoms with van der Waals surface area (Å²) in [5.74, 6) is -0.458. The first-order valence-corrected chi connectivity index (χ1v) is 19.8. The number of carbonyl (C=O) groups excluding carboxylic acids is 2. The minimum Gasteiger partial charge on any atom is -0.469 e. The van der Waals surface area contributed by atoms with Crippen molar-refractivity contribution in [3.63, 3.8) is 0 Å². The van der Waals surface area contributed by atoms with Gasteiger partial charge >= 0.3 is 12.1 Å². The normalized spacial score (nSPS) is 19.5. The molecular formula is C48H53NO9. The minimum atomic E-state index is -0.634. The first-order valence-electron chi connectivity index (χ1n) is 19.8. The van der Waals surface area contributed by atoms with Crippen LogP contribution in [-0.4, -0.2) is 62.3 Å². The minimum absolute atomic E-state index is 0.0560. The number of carbonyl (C=O) groups is 2. The zero-order valence-electron chi connectivity index (χ0n) is 32.9. The van der Waals surface area contributed by atoms with Gasteiger partial charge in [-0.2, -0.15) is 0 Å². The van der Waals surface area contributed by atoms with Crippen molar-refractivity contribution in [1.82, 2.24) is 5.32 Å². The third-order valence-corrected chi connectivity index (χ3v) is 9.95. The van der Waals surface area contributed by atoms with E-state index in [1.165, 1.54) is 7.11 Å². The van der Waals surface area contributed by atoms with Gasteiger partial charge in [0.05, 0.1) is 52.7 Å². The van der Waals surface area contributed by atoms with Crippen molar-refractivity contribution >= 4 is 12.1 Å². The summed E-state index contributed by atoms with van der Waals surface area (Å²) >= 11 is 0. The van der Waals surface area contributed by atoms with E-state index in [9.17, 15) is 9.59 Å². The second kappa shape index (κ2) is 23.1. The van der Waals surface area contributed by atoms with Crippen LogP contribution in [0.3, 0.4) is 0 Å². The van der Waals surface area contributed by atoms with E-state index in [0.29, 0.717) is 39.3 Å². The standard InChI is InChI=1S/C48H53NO9/c1-52-44(50)29-41(49-48(51)57-34-40-25-15-6-16-26-40)27-28-42-45(54-31-37-19-9-3-10-20-37)47(56-33-39-23-13-5-14-24-39)46(55-32-38-21-11-4-12-22-38)43(58-42)35-53-30-36-17-7-2-8-18-36/h2-26,41-43,45-47H,27-35H2,1H3,(H,49,51)/t41-,42+,43+,45+,46+,47+/m0/s1. The predicted octanol–water partition coefficient (Wildman–Crippen LogP) is 8.37. The van der Waals surface area contributed by atoms with Crippen LogP contribution in [0.25, 0.3) is 0 Å². The predicted molar refractivity (Wildman–Crippen MR) is 219 cm³/mol. The Morgan fingerprint density at radius 2 is 0.966 bits per heavy atom. The van der Waals surface area contributed by atoms with Gasteiger partial charge in [-0.05, 0) is 40.7 Å². The lowest BCUT2D eigenvalue weighted by Gasteiger charge is -2.46. The number of nitrogens with one attached hydrogen (secondary N) is 1. The van der Waals surface area contributed by atoms with Gasteiger partial charge in [0, 0.05) is 6.04 Å². The highest BCUT2D eigenvalue weighted by atomic mass is 16.6. The molecule has 1 amide bonds. The van der Waals surface area contributed by atoms with E-state index < -0.39 is 48.6 Å². The monoisotopic (exact) mass is 787 g/mol. The molecule has 6 rings (SSSR count). The summed E-state index contributed by atoms with van der Waals surface area (Å²) in [6.45, 7) is 1.63. The fourth-order valence-electron chi connectivity index (χ4n) is 6.92. The molecule has 58 heavy (non-hydrogen) atoms. The maximum absolute atomic E-state index is 13.1. The first kappa shape index (κ1) is 42.3. The molecule has 10 nitrogen and oxygen atoms in total. The van der Waals surface area contributed by atoms with Gasteiger partial charge in [-0.15, -0.1) is 0 Å². The maximum atomic E-state index is 13.1. The molecule has 5 aromatic rings. The molecule has 0 bridgehead atoms. The number of amides is 1. The fraction of sp³-hybridized carbons (Fsp3) is 0.333. The molecule has 0 unspecified atom stereocenters. The molecule has 0 radical (unpaired) electrons. The SMILES string of the molecule is COC(=O)C[C@H](CC[C@H]1O[C@H](COCc2ccccc2)[C@@H](OCc2ccccc2)[C@H](OCc2ccccc2)[C@@H]1OCc1ccccc1)NC(=O)OCc1ccccc1. The summed E-state index contributed by atoms with van der Waals surface area (Å²) in [6, 6.07) is 48.7. The maximum Gasteiger partial charge on any atom is 0.407 e. The molecule has 0 saturated carbocycles. The lowest BCUT2D eigenvalue weighted by Crippen LogP contribution is -2.61. The number of esters is 1. The molecule has 1 saturated heterocycles. The van der Waals surface area contributed by atoms with E-state index in [1.807, 2.05) is 152 Å². The molecule has 10 heteroatoms. The van der Waals surface area contributed by atoms with Crippen LogP contribution in [0.4, 0.5) is 4.79 Å². The Labute approximate surface area is 341 Å². The van der Waals surface area contributed by atoms with Gasteiger partial charge in [-0.3, -0.25) is 4.79 Å². The third kappa shape index (κ3) is 13.6. The Hall–Kier alpha value is -5.36. The summed E-state index contributed by atoms with van der Waals surface area (Å²) in [5.41, 5.74) is 4.88. The number of hydrogen-bond acceptors (Lipinski definition) is 9. The Balaban J connectivity index is 1.27. The number of alkyl carbamates (subject to hydrolysis) is 1. The number of methoxy groups -OCH3 is 1. The van der Waals surface area contributed by atoms with E-state index >= 15 is 0 Å². The van der Waals surface area contributed by atoms with Crippen LogP contribution < -0.4 is 5.32 Å². The van der Waals surface area contributed by atoms with E-state index in [1.54, 1.807) is 0 Å². The molecule has 304 valence electrons. The third-order valence-electron chi connectivity index (χ3n) is 9.95. The topological polar surface area (TPSA) is 111 Å². The summed E-state index contributed by atoms with van der Waals surface area (Å²) in [5, 5.41) is 2.89. The second-order valence-electron chi connectivity index (χ2n) is 14.3. The molecule has 0 aliphatic carbocycles. The molecule has 0 spiro atoms. The fourth-order valence-corrected chi connectivity index (χ4v) is 6.92. The highest BCUT2D eigenvalue weighted by Gasteiger charge is 2.48. The van der Waals surface area contributed by atoms with Gasteiger partial charge in [-0.1, -0.05) is 152 Å². The zero-order valence-corrected chi connectivity index (χ0v) is 32.9. The first-order chi connectivity index (χ1) is 28.5. The highest BCUT2D eigenvalue weighted by Crippen LogP contribution is 2.33. The van der Waals surface area contributed by atoms with E-state index in [2.05, 4.69) is 5.32 Å². The lowest BCUT2D eigenvalue weighted by molar-refractivity contribution is -0.273. The molecule has 1 heterocycles. The molecule has 5 aromatic carbocycles. The number of benzene rings is 5. The molecule has 1 aliphatic heterocycles. The Bertz CT molecular complexity index is 1900. The smallest absolute Gasteiger partial charge is 0.407 e. The molecule has 0 aromatic heterocycles. The number of hydrogen-bond donors (Lipinski definition) is 1. The van der Waals surface area contributed by atoms with Crippen LogP contribution in [0.15, 0.2) is 152 Å². The van der Waals surface area contributed by atoms with E-state index in [0.717, 1.165) is 27.8 Å². The number of ether oxygens (including phenoxy) is 7. The summed E-state index contributed by atoms with van der Waals surface area (Å²) in [4.78, 5) is 25.7. The molecule has 1 aliphatic rings. The number of rotatable bonds is 21. The van der Waals surface area contributed by atoms with Crippen molar-refractivity contribution in [3.05, 3.63) is 179 Å². The van der Waals surface area contributed by atoms with Crippen LogP contribution in [0.2, 0.25) is 0 Å². The Morgan fingerprint density at radius 1 is 0.552 bits per heavy atom. The van der Waals surface area contributed by atoms with Gasteiger partial charge in [0.1, 0.15) is 31.0 Å². The van der Waals surface area contributed by atoms with Gasteiger partial charge in [0.25, 0.3) is 0 Å². The molecule has 6 atom stereocenters. The largest absolute Gasteiger partial charge is 0.469 e. The van der Waals surface area contributed by atoms with Crippen molar-refractivity contribution in [2.45, 2.75) is 88.9 Å². The van der Waals surface area contributed by atoms with Crippen LogP contribution in [0.5, 0.6) is 0 Å². The van der Waals surface area contributed by atoms with E-state index in [4.69, 9.17) is 33.2 Å². The van der Waals surface area contributed by atoms with E-state index in [-0.39, 0.29) is 19.6 Å². The van der Waals surface area contributed by atoms with Crippen LogP contribution in [-0.2, 0) is 71.0 Å². The van der Waals surface area contributed by atoms with Crippen LogP contribution in [0, 0.1) is 0 Å². The quantitative estimate of drug-likeness (QED) is 0.0734. The Morgan fingerprint density at radius 3 is 1.43 bits per heavy atom. The summed E-state index contributed by atoms with van der Waals surface area (Å²) in [7, 11) is 1.33. The van der Waals surface area contributed by atoms with Gasteiger partial charge in [-0.25, -0.2) is 4.79 Å². The summed E-state index contributed by atoms with van der Waals surface area (Å²) in [6.07, 6.45) is -2.85. The lowest BCUT2D eigenvalue weighted by atomic mass is 9.90. The average Bonchev–Trinajstić information content (AvgIpc) is 3.27. The molecular weight excluding hydrogens is 735 g/mol. The van der Waals surface area contributed by atoms with Crippen molar-refractivity contribution in [3.8, 4) is 0 Å².